The maximum atomic E-state index is 12.9. The number of nitrogens with two attached hydrogens (primary N) is 1. The van der Waals surface area contributed by atoms with Crippen LogP contribution >= 0.6 is 0 Å². The number of rotatable bonds is 8. The third kappa shape index (κ3) is 5.02. The lowest BCUT2D eigenvalue weighted by Crippen LogP contribution is -2.22. The molecule has 1 aromatic heterocycles. The van der Waals surface area contributed by atoms with Crippen molar-refractivity contribution < 1.29 is 19.4 Å². The van der Waals surface area contributed by atoms with E-state index in [4.69, 9.17) is 15.2 Å². The van der Waals surface area contributed by atoms with Crippen molar-refractivity contribution >= 4 is 22.6 Å². The first-order valence-corrected chi connectivity index (χ1v) is 11.3. The molecular formula is C25H30N4O4. The second kappa shape index (κ2) is 10.1. The van der Waals surface area contributed by atoms with Crippen LogP contribution in [0.4, 0.5) is 0 Å². The van der Waals surface area contributed by atoms with Crippen LogP contribution in [-0.2, 0) is 6.54 Å². The SMILES string of the molecule is CCOc1ccc(C(=O)N=C(N)c2cccc3[nH]cc(CN4CC[C@@H](O)C4)c23)cc1OCC. The lowest BCUT2D eigenvalue weighted by molar-refractivity contribution is 0.100. The number of nitrogens with one attached hydrogen (secondary N) is 1. The van der Waals surface area contributed by atoms with Crippen LogP contribution in [0.15, 0.2) is 47.6 Å². The molecule has 0 aliphatic carbocycles. The molecule has 1 fully saturated rings. The highest BCUT2D eigenvalue weighted by Gasteiger charge is 2.22. The minimum Gasteiger partial charge on any atom is -0.490 e. The number of aliphatic hydroxyl groups excluding tert-OH is 1. The highest BCUT2D eigenvalue weighted by molar-refractivity contribution is 6.14. The first-order chi connectivity index (χ1) is 16.0. The molecule has 33 heavy (non-hydrogen) atoms. The highest BCUT2D eigenvalue weighted by atomic mass is 16.5. The second-order valence-electron chi connectivity index (χ2n) is 8.05. The van der Waals surface area contributed by atoms with Gasteiger partial charge in [0.05, 0.1) is 19.3 Å². The molecular weight excluding hydrogens is 420 g/mol. The predicted octanol–water partition coefficient (Wildman–Crippen LogP) is 3.08. The summed E-state index contributed by atoms with van der Waals surface area (Å²) in [6, 6.07) is 10.7. The lowest BCUT2D eigenvalue weighted by atomic mass is 10.0. The van der Waals surface area contributed by atoms with Gasteiger partial charge >= 0.3 is 0 Å². The van der Waals surface area contributed by atoms with Crippen molar-refractivity contribution in [2.75, 3.05) is 26.3 Å². The monoisotopic (exact) mass is 450 g/mol. The number of carbonyl (C=O) groups is 1. The number of likely N-dealkylation sites (tertiary alicyclic amines) is 1. The molecule has 1 saturated heterocycles. The van der Waals surface area contributed by atoms with Crippen LogP contribution in [0.5, 0.6) is 11.5 Å². The number of amidine groups is 1. The number of aromatic nitrogens is 1. The summed E-state index contributed by atoms with van der Waals surface area (Å²) in [5.41, 5.74) is 9.39. The van der Waals surface area contributed by atoms with E-state index in [-0.39, 0.29) is 11.9 Å². The van der Waals surface area contributed by atoms with Crippen LogP contribution in [0.2, 0.25) is 0 Å². The van der Waals surface area contributed by atoms with E-state index in [0.29, 0.717) is 48.9 Å². The number of fused-ring (bicyclic) bond motifs is 1. The minimum absolute atomic E-state index is 0.153. The highest BCUT2D eigenvalue weighted by Crippen LogP contribution is 2.29. The van der Waals surface area contributed by atoms with Gasteiger partial charge in [-0.05, 0) is 50.1 Å². The molecule has 4 N–H and O–H groups in total. The van der Waals surface area contributed by atoms with Gasteiger partial charge in [0.25, 0.3) is 5.91 Å². The van der Waals surface area contributed by atoms with Crippen molar-refractivity contribution in [3.8, 4) is 11.5 Å². The van der Waals surface area contributed by atoms with Crippen LogP contribution in [0.3, 0.4) is 0 Å². The molecule has 8 heteroatoms. The van der Waals surface area contributed by atoms with Crippen molar-refractivity contribution in [1.29, 1.82) is 0 Å². The zero-order valence-electron chi connectivity index (χ0n) is 19.0. The van der Waals surface area contributed by atoms with Gasteiger partial charge in [-0.25, -0.2) is 0 Å². The summed E-state index contributed by atoms with van der Waals surface area (Å²) in [5, 5.41) is 10.8. The molecule has 1 aliphatic heterocycles. The first kappa shape index (κ1) is 22.8. The number of nitrogens with zero attached hydrogens (tertiary/aromatic N) is 2. The Morgan fingerprint density at radius 3 is 2.73 bits per heavy atom. The third-order valence-corrected chi connectivity index (χ3v) is 5.72. The average Bonchev–Trinajstić information content (AvgIpc) is 3.41. The molecule has 0 radical (unpaired) electrons. The molecule has 3 aromatic rings. The van der Waals surface area contributed by atoms with E-state index in [1.165, 1.54) is 0 Å². The van der Waals surface area contributed by atoms with Crippen LogP contribution in [-0.4, -0.2) is 59.1 Å². The molecule has 0 saturated carbocycles. The van der Waals surface area contributed by atoms with Gasteiger partial charge in [-0.2, -0.15) is 4.99 Å². The Morgan fingerprint density at radius 1 is 1.21 bits per heavy atom. The van der Waals surface area contributed by atoms with E-state index in [2.05, 4.69) is 14.9 Å². The Hall–Kier alpha value is -3.36. The van der Waals surface area contributed by atoms with Crippen molar-refractivity contribution in [3.05, 3.63) is 59.3 Å². The average molecular weight is 451 g/mol. The van der Waals surface area contributed by atoms with E-state index in [9.17, 15) is 9.90 Å². The minimum atomic E-state index is -0.451. The van der Waals surface area contributed by atoms with E-state index in [1.807, 2.05) is 38.2 Å². The van der Waals surface area contributed by atoms with Crippen LogP contribution in [0.25, 0.3) is 10.9 Å². The molecule has 1 atom stereocenters. The van der Waals surface area contributed by atoms with E-state index in [1.54, 1.807) is 18.2 Å². The van der Waals surface area contributed by atoms with Crippen LogP contribution in [0.1, 0.15) is 41.8 Å². The van der Waals surface area contributed by atoms with Gasteiger partial charge in [0.1, 0.15) is 5.84 Å². The fourth-order valence-corrected chi connectivity index (χ4v) is 4.21. The molecule has 2 aromatic carbocycles. The largest absolute Gasteiger partial charge is 0.490 e. The zero-order chi connectivity index (χ0) is 23.4. The van der Waals surface area contributed by atoms with Crippen LogP contribution < -0.4 is 15.2 Å². The van der Waals surface area contributed by atoms with E-state index >= 15 is 0 Å². The quantitative estimate of drug-likeness (QED) is 0.359. The van der Waals surface area contributed by atoms with Crippen molar-refractivity contribution in [1.82, 2.24) is 9.88 Å². The van der Waals surface area contributed by atoms with Crippen molar-refractivity contribution in [2.24, 2.45) is 10.7 Å². The number of benzene rings is 2. The molecule has 0 spiro atoms. The molecule has 174 valence electrons. The molecule has 2 heterocycles. The number of H-pyrrole nitrogens is 1. The Morgan fingerprint density at radius 2 is 2.00 bits per heavy atom. The summed E-state index contributed by atoms with van der Waals surface area (Å²) in [6.45, 7) is 6.90. The lowest BCUT2D eigenvalue weighted by Gasteiger charge is -2.15. The topological polar surface area (TPSA) is 113 Å². The summed E-state index contributed by atoms with van der Waals surface area (Å²) < 4.78 is 11.2. The Kier molecular flexibility index (Phi) is 6.96. The van der Waals surface area contributed by atoms with Gasteiger partial charge in [0.15, 0.2) is 11.5 Å². The van der Waals surface area contributed by atoms with Gasteiger partial charge in [-0.15, -0.1) is 0 Å². The summed E-state index contributed by atoms with van der Waals surface area (Å²) in [4.78, 5) is 22.6. The summed E-state index contributed by atoms with van der Waals surface area (Å²) in [5.74, 6) is 0.788. The van der Waals surface area contributed by atoms with Crippen molar-refractivity contribution in [3.63, 3.8) is 0 Å². The Bertz CT molecular complexity index is 1170. The predicted molar refractivity (Wildman–Crippen MR) is 128 cm³/mol. The fourth-order valence-electron chi connectivity index (χ4n) is 4.21. The number of carbonyl (C=O) groups excluding carboxylic acids is 1. The van der Waals surface area contributed by atoms with Gasteiger partial charge < -0.3 is 25.3 Å². The first-order valence-electron chi connectivity index (χ1n) is 11.3. The Labute approximate surface area is 193 Å². The van der Waals surface area contributed by atoms with Crippen LogP contribution in [0, 0.1) is 0 Å². The number of aromatic amines is 1. The molecule has 0 bridgehead atoms. The van der Waals surface area contributed by atoms with E-state index in [0.717, 1.165) is 29.4 Å². The summed E-state index contributed by atoms with van der Waals surface area (Å²) in [7, 11) is 0. The van der Waals surface area contributed by atoms with Gasteiger partial charge in [0, 0.05) is 47.9 Å². The number of hydrogen-bond donors (Lipinski definition) is 3. The van der Waals surface area contributed by atoms with Gasteiger partial charge in [-0.1, -0.05) is 12.1 Å². The van der Waals surface area contributed by atoms with Gasteiger partial charge in [-0.3, -0.25) is 9.69 Å². The molecule has 0 unspecified atom stereocenters. The number of ether oxygens (including phenoxy) is 2. The second-order valence-corrected chi connectivity index (χ2v) is 8.05. The smallest absolute Gasteiger partial charge is 0.279 e. The molecule has 1 amide bonds. The number of β-amino-alcohol motifs (C(OH)–C–C–N with tert-alkyl or cyclic N) is 1. The van der Waals surface area contributed by atoms with E-state index < -0.39 is 5.91 Å². The Balaban J connectivity index is 1.63. The molecule has 1 aliphatic rings. The normalized spacial score (nSPS) is 16.9. The number of hydrogen-bond acceptors (Lipinski definition) is 5. The number of aliphatic hydroxyl groups is 1. The number of aliphatic imine (C=N–C) groups is 1. The standard InChI is InChI=1S/C25H30N4O4/c1-3-32-21-9-8-16(12-22(21)33-4-2)25(31)28-24(26)19-6-5-7-20-23(19)17(13-27-20)14-29-11-10-18(30)15-29/h5-9,12-13,18,27,30H,3-4,10-11,14-15H2,1-2H3,(H2,26,28,31)/t18-/m1/s1. The fraction of sp³-hybridized carbons (Fsp3) is 0.360. The molecule has 8 nitrogen and oxygen atoms in total. The molecule has 4 rings (SSSR count). The number of amides is 1. The summed E-state index contributed by atoms with van der Waals surface area (Å²) >= 11 is 0. The zero-order valence-corrected chi connectivity index (χ0v) is 19.0. The van der Waals surface area contributed by atoms with Gasteiger partial charge in [0.2, 0.25) is 0 Å². The van der Waals surface area contributed by atoms with Crippen molar-refractivity contribution in [2.45, 2.75) is 32.9 Å². The summed E-state index contributed by atoms with van der Waals surface area (Å²) in [6.07, 6.45) is 2.45. The third-order valence-electron chi connectivity index (χ3n) is 5.72. The maximum Gasteiger partial charge on any atom is 0.279 e. The maximum absolute atomic E-state index is 12.9.